The van der Waals surface area contributed by atoms with Crippen LogP contribution in [0.5, 0.6) is 11.5 Å². The van der Waals surface area contributed by atoms with Crippen LogP contribution in [0.15, 0.2) is 24.3 Å². The molecule has 5 atom stereocenters. The van der Waals surface area contributed by atoms with Gasteiger partial charge < -0.3 is 19.4 Å². The first kappa shape index (κ1) is 17.3. The summed E-state index contributed by atoms with van der Waals surface area (Å²) in [4.78, 5) is 0. The Hall–Kier alpha value is -1.52. The molecule has 2 N–H and O–H groups in total. The summed E-state index contributed by atoms with van der Waals surface area (Å²) in [6, 6.07) is 4.06. The van der Waals surface area contributed by atoms with Gasteiger partial charge in [0.05, 0.1) is 25.6 Å². The molecule has 0 aromatic heterocycles. The lowest BCUT2D eigenvalue weighted by molar-refractivity contribution is -0.952. The number of nitrogens with zero attached hydrogens (tertiary/aromatic N) is 1. The molecule has 1 aromatic rings. The number of aliphatic hydroxyl groups is 1. The summed E-state index contributed by atoms with van der Waals surface area (Å²) in [5, 5.41) is 22.9. The minimum atomic E-state index is -0.781. The van der Waals surface area contributed by atoms with E-state index in [0.717, 1.165) is 53.8 Å². The van der Waals surface area contributed by atoms with Crippen LogP contribution in [0.3, 0.4) is 0 Å². The van der Waals surface area contributed by atoms with Crippen molar-refractivity contribution in [1.82, 2.24) is 0 Å². The van der Waals surface area contributed by atoms with Crippen LogP contribution in [0.1, 0.15) is 56.1 Å². The molecule has 2 heterocycles. The fraction of sp³-hybridized carbons (Fsp3) is 0.667. The smallest absolute Gasteiger partial charge is 0.166 e. The number of hydrogen-bond donors (Lipinski definition) is 2. The molecule has 2 saturated carbocycles. The lowest BCUT2D eigenvalue weighted by atomic mass is 9.48. The van der Waals surface area contributed by atoms with E-state index in [4.69, 9.17) is 4.74 Å². The van der Waals surface area contributed by atoms with Crippen molar-refractivity contribution >= 4 is 0 Å². The van der Waals surface area contributed by atoms with Gasteiger partial charge in [-0.3, -0.25) is 0 Å². The third kappa shape index (κ3) is 1.85. The molecule has 3 aliphatic carbocycles. The van der Waals surface area contributed by atoms with Gasteiger partial charge in [0.2, 0.25) is 0 Å². The molecule has 1 spiro atoms. The zero-order chi connectivity index (χ0) is 19.3. The van der Waals surface area contributed by atoms with E-state index in [9.17, 15) is 10.2 Å². The van der Waals surface area contributed by atoms with Crippen LogP contribution in [0.4, 0.5) is 0 Å². The monoisotopic (exact) mass is 382 g/mol. The third-order valence-electron chi connectivity index (χ3n) is 9.21. The zero-order valence-electron chi connectivity index (χ0n) is 16.9. The summed E-state index contributed by atoms with van der Waals surface area (Å²) in [5.74, 6) is 1.63. The van der Waals surface area contributed by atoms with Crippen molar-refractivity contribution in [3.8, 4) is 11.5 Å². The standard InChI is InChI=1S/C24H31NO3/c1-15-9-10-24(27)19-13-17-7-8-18(26)21-20(17)23(24,22(15)28-21)11-12-25(19,2)14-16-5-3-4-6-16/h7-8,16,19,22,27H,1,3-6,9-14H2,2H3/p+1/t19-,22+,23+,24?,25?/m1/s1. The highest BCUT2D eigenvalue weighted by atomic mass is 16.5. The molecule has 4 nitrogen and oxygen atoms in total. The third-order valence-corrected chi connectivity index (χ3v) is 9.21. The Morgan fingerprint density at radius 1 is 1.25 bits per heavy atom. The van der Waals surface area contributed by atoms with E-state index in [1.165, 1.54) is 37.8 Å². The fourth-order valence-electron chi connectivity index (χ4n) is 7.96. The number of ether oxygens (including phenoxy) is 1. The minimum Gasteiger partial charge on any atom is -0.504 e. The van der Waals surface area contributed by atoms with Gasteiger partial charge in [0.1, 0.15) is 17.7 Å². The molecule has 1 aromatic carbocycles. The second-order valence-electron chi connectivity index (χ2n) is 10.5. The summed E-state index contributed by atoms with van der Waals surface area (Å²) in [6.45, 7) is 6.59. The molecule has 0 radical (unpaired) electrons. The van der Waals surface area contributed by atoms with Crippen LogP contribution in [-0.2, 0) is 11.8 Å². The fourth-order valence-corrected chi connectivity index (χ4v) is 7.96. The maximum Gasteiger partial charge on any atom is 0.166 e. The Bertz CT molecular complexity index is 875. The maximum atomic E-state index is 12.4. The van der Waals surface area contributed by atoms with Crippen LogP contribution in [0.25, 0.3) is 0 Å². The van der Waals surface area contributed by atoms with Crippen LogP contribution >= 0.6 is 0 Å². The Morgan fingerprint density at radius 2 is 2.04 bits per heavy atom. The summed E-state index contributed by atoms with van der Waals surface area (Å²) < 4.78 is 7.36. The topological polar surface area (TPSA) is 49.7 Å². The Morgan fingerprint density at radius 3 is 2.82 bits per heavy atom. The van der Waals surface area contributed by atoms with Crippen molar-refractivity contribution in [1.29, 1.82) is 0 Å². The molecule has 28 heavy (non-hydrogen) atoms. The van der Waals surface area contributed by atoms with Crippen molar-refractivity contribution in [2.45, 2.75) is 74.5 Å². The lowest BCUT2D eigenvalue weighted by Crippen LogP contribution is -2.80. The number of piperidine rings is 1. The zero-order valence-corrected chi connectivity index (χ0v) is 16.9. The molecule has 2 bridgehead atoms. The predicted molar refractivity (Wildman–Crippen MR) is 108 cm³/mol. The molecule has 3 fully saturated rings. The van der Waals surface area contributed by atoms with Crippen molar-refractivity contribution in [3.63, 3.8) is 0 Å². The molecule has 2 aliphatic heterocycles. The number of phenols is 1. The second kappa shape index (κ2) is 5.34. The first-order valence-electron chi connectivity index (χ1n) is 11.2. The highest BCUT2D eigenvalue weighted by Crippen LogP contribution is 2.67. The molecule has 5 aliphatic rings. The Kier molecular flexibility index (Phi) is 3.31. The van der Waals surface area contributed by atoms with E-state index in [2.05, 4.69) is 19.7 Å². The minimum absolute atomic E-state index is 0.198. The summed E-state index contributed by atoms with van der Waals surface area (Å²) in [7, 11) is 2.40. The number of aromatic hydroxyl groups is 1. The number of hydrogen-bond acceptors (Lipinski definition) is 3. The Balaban J connectivity index is 1.53. The molecule has 150 valence electrons. The van der Waals surface area contributed by atoms with Gasteiger partial charge in [0.15, 0.2) is 11.5 Å². The van der Waals surface area contributed by atoms with E-state index in [1.807, 2.05) is 0 Å². The highest BCUT2D eigenvalue weighted by molar-refractivity contribution is 5.63. The van der Waals surface area contributed by atoms with Crippen molar-refractivity contribution in [2.75, 3.05) is 20.1 Å². The van der Waals surface area contributed by atoms with Gasteiger partial charge >= 0.3 is 0 Å². The largest absolute Gasteiger partial charge is 0.504 e. The summed E-state index contributed by atoms with van der Waals surface area (Å²) in [6.07, 6.45) is 8.61. The Labute approximate surface area is 167 Å². The number of benzene rings is 1. The van der Waals surface area contributed by atoms with Crippen LogP contribution < -0.4 is 4.74 Å². The number of likely N-dealkylation sites (N-methyl/N-ethyl adjacent to an activating group) is 1. The van der Waals surface area contributed by atoms with Crippen molar-refractivity contribution in [3.05, 3.63) is 35.4 Å². The molecule has 6 rings (SSSR count). The maximum absolute atomic E-state index is 12.4. The van der Waals surface area contributed by atoms with Gasteiger partial charge in [-0.25, -0.2) is 0 Å². The van der Waals surface area contributed by atoms with E-state index in [1.54, 1.807) is 6.07 Å². The molecule has 2 unspecified atom stereocenters. The molecule has 1 saturated heterocycles. The first-order valence-corrected chi connectivity index (χ1v) is 11.2. The number of likely N-dealkylation sites (tertiary alicyclic amines) is 1. The normalized spacial score (nSPS) is 43.7. The van der Waals surface area contributed by atoms with Crippen LogP contribution in [0.2, 0.25) is 0 Å². The first-order chi connectivity index (χ1) is 13.4. The van der Waals surface area contributed by atoms with Crippen molar-refractivity contribution in [2.24, 2.45) is 5.92 Å². The highest BCUT2D eigenvalue weighted by Gasteiger charge is 2.75. The van der Waals surface area contributed by atoms with E-state index >= 15 is 0 Å². The quantitative estimate of drug-likeness (QED) is 0.609. The van der Waals surface area contributed by atoms with Gasteiger partial charge in [-0.05, 0) is 42.9 Å². The molecular weight excluding hydrogens is 350 g/mol. The van der Waals surface area contributed by atoms with Gasteiger partial charge in [-0.1, -0.05) is 25.5 Å². The molecular formula is C24H32NO3+. The van der Waals surface area contributed by atoms with E-state index in [0.29, 0.717) is 5.75 Å². The average molecular weight is 383 g/mol. The summed E-state index contributed by atoms with van der Waals surface area (Å²) >= 11 is 0. The molecule has 0 amide bonds. The average Bonchev–Trinajstić information content (AvgIpc) is 3.29. The number of rotatable bonds is 2. The van der Waals surface area contributed by atoms with E-state index < -0.39 is 11.0 Å². The van der Waals surface area contributed by atoms with E-state index in [-0.39, 0.29) is 17.9 Å². The van der Waals surface area contributed by atoms with Crippen LogP contribution in [0, 0.1) is 5.92 Å². The lowest BCUT2D eigenvalue weighted by Gasteiger charge is -2.65. The number of phenolic OH excluding ortho intramolecular Hbond substituents is 1. The molecule has 4 heteroatoms. The summed E-state index contributed by atoms with van der Waals surface area (Å²) in [5.41, 5.74) is 2.25. The SMILES string of the molecule is C=C1CCC2(O)[C@H]3Cc4ccc(O)c5c4[C@@]2(CC[N+]3(C)CC2CCCC2)[C@H]1O5. The van der Waals surface area contributed by atoms with Crippen LogP contribution in [-0.4, -0.2) is 52.6 Å². The number of quaternary nitrogens is 1. The van der Waals surface area contributed by atoms with Gasteiger partial charge in [-0.2, -0.15) is 0 Å². The van der Waals surface area contributed by atoms with Gasteiger partial charge in [-0.15, -0.1) is 0 Å². The van der Waals surface area contributed by atoms with Gasteiger partial charge in [0.25, 0.3) is 0 Å². The second-order valence-corrected chi connectivity index (χ2v) is 10.5. The predicted octanol–water partition coefficient (Wildman–Crippen LogP) is 3.44. The van der Waals surface area contributed by atoms with Gasteiger partial charge in [0, 0.05) is 24.3 Å². The van der Waals surface area contributed by atoms with Crippen molar-refractivity contribution < 1.29 is 19.4 Å².